The van der Waals surface area contributed by atoms with Crippen LogP contribution in [0, 0.1) is 17.3 Å². The number of esters is 1. The number of ether oxygens (including phenoxy) is 1. The number of carbonyl (C=O) groups excluding carboxylic acids is 1. The van der Waals surface area contributed by atoms with E-state index >= 15 is 0 Å². The Balaban J connectivity index is 1.31. The van der Waals surface area contributed by atoms with Crippen molar-refractivity contribution in [3.8, 4) is 0 Å². The highest BCUT2D eigenvalue weighted by molar-refractivity contribution is 7.89. The van der Waals surface area contributed by atoms with Crippen LogP contribution in [-0.2, 0) is 26.0 Å². The molecule has 1 heterocycles. The Kier molecular flexibility index (Phi) is 7.01. The van der Waals surface area contributed by atoms with Crippen molar-refractivity contribution in [3.05, 3.63) is 59.7 Å². The maximum Gasteiger partial charge on any atom is 0.307 e. The summed E-state index contributed by atoms with van der Waals surface area (Å²) in [5.41, 5.74) is 4.53. The van der Waals surface area contributed by atoms with Gasteiger partial charge in [-0.25, -0.2) is 22.7 Å². The van der Waals surface area contributed by atoms with Crippen molar-refractivity contribution in [2.45, 2.75) is 82.6 Å². The second kappa shape index (κ2) is 9.87. The molecule has 0 N–H and O–H groups in total. The lowest BCUT2D eigenvalue weighted by Crippen LogP contribution is -2.41. The number of hydrogen-bond acceptors (Lipinski definition) is 6. The zero-order valence-electron chi connectivity index (χ0n) is 23.1. The Morgan fingerprint density at radius 2 is 1.92 bits per heavy atom. The predicted octanol–water partition coefficient (Wildman–Crippen LogP) is 5.38. The molecule has 0 saturated heterocycles. The summed E-state index contributed by atoms with van der Waals surface area (Å²) in [4.78, 5) is 20.9. The van der Waals surface area contributed by atoms with Crippen LogP contribution in [0.2, 0.25) is 0 Å². The van der Waals surface area contributed by atoms with E-state index in [0.29, 0.717) is 22.6 Å². The molecule has 3 aliphatic rings. The minimum absolute atomic E-state index is 0.0208. The van der Waals surface area contributed by atoms with Crippen molar-refractivity contribution in [2.24, 2.45) is 17.3 Å². The van der Waals surface area contributed by atoms with Gasteiger partial charge in [-0.2, -0.15) is 0 Å². The summed E-state index contributed by atoms with van der Waals surface area (Å²) in [5.74, 6) is 1.22. The van der Waals surface area contributed by atoms with Crippen molar-refractivity contribution in [2.75, 3.05) is 13.6 Å². The van der Waals surface area contributed by atoms with E-state index < -0.39 is 21.6 Å². The van der Waals surface area contributed by atoms with Gasteiger partial charge in [0.15, 0.2) is 0 Å². The number of aromatic nitrogens is 2. The van der Waals surface area contributed by atoms with Crippen LogP contribution in [0.5, 0.6) is 0 Å². The first-order valence-corrected chi connectivity index (χ1v) is 15.1. The van der Waals surface area contributed by atoms with Crippen LogP contribution >= 0.6 is 0 Å². The molecule has 0 spiro atoms. The molecule has 1 saturated carbocycles. The van der Waals surface area contributed by atoms with E-state index in [1.165, 1.54) is 22.5 Å². The Morgan fingerprint density at radius 1 is 1.18 bits per heavy atom. The minimum Gasteiger partial charge on any atom is -0.460 e. The van der Waals surface area contributed by atoms with E-state index in [1.807, 2.05) is 18.5 Å². The highest BCUT2D eigenvalue weighted by Crippen LogP contribution is 2.63. The van der Waals surface area contributed by atoms with Crippen LogP contribution in [0.3, 0.4) is 0 Å². The molecule has 5 rings (SSSR count). The smallest absolute Gasteiger partial charge is 0.307 e. The van der Waals surface area contributed by atoms with Gasteiger partial charge in [-0.3, -0.25) is 4.79 Å². The van der Waals surface area contributed by atoms with E-state index in [4.69, 9.17) is 4.74 Å². The number of rotatable bonds is 6. The van der Waals surface area contributed by atoms with Gasteiger partial charge in [0, 0.05) is 31.5 Å². The fourth-order valence-electron chi connectivity index (χ4n) is 7.11. The summed E-state index contributed by atoms with van der Waals surface area (Å²) in [6, 6.07) is 5.68. The first-order valence-electron chi connectivity index (χ1n) is 13.7. The second-order valence-electron chi connectivity index (χ2n) is 12.4. The van der Waals surface area contributed by atoms with Gasteiger partial charge in [-0.1, -0.05) is 19.1 Å². The molecule has 0 bridgehead atoms. The van der Waals surface area contributed by atoms with E-state index in [0.717, 1.165) is 43.2 Å². The van der Waals surface area contributed by atoms with Crippen LogP contribution < -0.4 is 0 Å². The standard InChI is InChI=1S/C30H39N3O4S/c1-29(2,3)37-28(34)13-15-33(5)38(35,36)22-7-9-23-20(16-22)6-8-25-24(23)12-14-30(4)26(10-11-27(25)30)21-17-31-19-32-18-21/h7,9-10,16-19,24-25,27H,6,8,11-15H2,1-5H3/t24?,25?,27?,30-/m1/s1. The summed E-state index contributed by atoms with van der Waals surface area (Å²) in [6.45, 7) is 7.90. The normalized spacial score (nSPS) is 26.8. The molecule has 0 radical (unpaired) electrons. The quantitative estimate of drug-likeness (QED) is 0.460. The summed E-state index contributed by atoms with van der Waals surface area (Å²) in [6.07, 6.45) is 13.1. The largest absolute Gasteiger partial charge is 0.460 e. The average Bonchev–Trinajstić information content (AvgIpc) is 3.23. The highest BCUT2D eigenvalue weighted by Gasteiger charge is 2.52. The summed E-state index contributed by atoms with van der Waals surface area (Å²) >= 11 is 0. The summed E-state index contributed by atoms with van der Waals surface area (Å²) < 4.78 is 33.2. The third kappa shape index (κ3) is 4.93. The molecule has 0 amide bonds. The van der Waals surface area contributed by atoms with Crippen molar-refractivity contribution in [1.29, 1.82) is 0 Å². The fourth-order valence-corrected chi connectivity index (χ4v) is 8.34. The molecule has 7 nitrogen and oxygen atoms in total. The van der Waals surface area contributed by atoms with E-state index in [1.54, 1.807) is 33.2 Å². The van der Waals surface area contributed by atoms with Gasteiger partial charge in [0.05, 0.1) is 11.3 Å². The Labute approximate surface area is 226 Å². The molecule has 1 aromatic carbocycles. The van der Waals surface area contributed by atoms with Crippen LogP contribution in [0.25, 0.3) is 5.57 Å². The highest BCUT2D eigenvalue weighted by atomic mass is 32.2. The zero-order chi connectivity index (χ0) is 27.3. The predicted molar refractivity (Wildman–Crippen MR) is 147 cm³/mol. The third-order valence-electron chi connectivity index (χ3n) is 8.91. The lowest BCUT2D eigenvalue weighted by atomic mass is 9.54. The topological polar surface area (TPSA) is 89.5 Å². The molecule has 3 aliphatic carbocycles. The molecule has 8 heteroatoms. The van der Waals surface area contributed by atoms with Crippen molar-refractivity contribution >= 4 is 21.6 Å². The van der Waals surface area contributed by atoms with E-state index in [9.17, 15) is 13.2 Å². The molecule has 38 heavy (non-hydrogen) atoms. The maximum absolute atomic E-state index is 13.3. The molecule has 3 unspecified atom stereocenters. The average molecular weight is 538 g/mol. The number of nitrogens with zero attached hydrogens (tertiary/aromatic N) is 3. The Hall–Kier alpha value is -2.58. The van der Waals surface area contributed by atoms with Crippen molar-refractivity contribution < 1.29 is 17.9 Å². The first kappa shape index (κ1) is 27.0. The molecule has 2 aromatic rings. The van der Waals surface area contributed by atoms with Gasteiger partial charge in [-0.15, -0.1) is 0 Å². The molecular weight excluding hydrogens is 498 g/mol. The van der Waals surface area contributed by atoms with E-state index in [-0.39, 0.29) is 18.4 Å². The van der Waals surface area contributed by atoms with Gasteiger partial charge in [0.1, 0.15) is 11.9 Å². The lowest BCUT2D eigenvalue weighted by molar-refractivity contribution is -0.154. The van der Waals surface area contributed by atoms with Crippen LogP contribution in [0.15, 0.2) is 47.9 Å². The zero-order valence-corrected chi connectivity index (χ0v) is 23.9. The number of benzene rings is 1. The number of carbonyl (C=O) groups is 1. The van der Waals surface area contributed by atoms with Crippen LogP contribution in [0.4, 0.5) is 0 Å². The molecule has 204 valence electrons. The Morgan fingerprint density at radius 3 is 2.63 bits per heavy atom. The fraction of sp³-hybridized carbons (Fsp3) is 0.567. The lowest BCUT2D eigenvalue weighted by Gasteiger charge is -2.50. The van der Waals surface area contributed by atoms with Gasteiger partial charge >= 0.3 is 5.97 Å². The van der Waals surface area contributed by atoms with Gasteiger partial charge in [-0.05, 0) is 105 Å². The number of hydrogen-bond donors (Lipinski definition) is 0. The van der Waals surface area contributed by atoms with Crippen molar-refractivity contribution in [1.82, 2.24) is 14.3 Å². The summed E-state index contributed by atoms with van der Waals surface area (Å²) in [5, 5.41) is 0. The second-order valence-corrected chi connectivity index (χ2v) is 14.4. The number of fused-ring (bicyclic) bond motifs is 5. The van der Waals surface area contributed by atoms with Gasteiger partial charge in [0.2, 0.25) is 10.0 Å². The molecule has 4 atom stereocenters. The first-order chi connectivity index (χ1) is 17.9. The van der Waals surface area contributed by atoms with Gasteiger partial charge < -0.3 is 4.74 Å². The molecule has 0 aliphatic heterocycles. The molecular formula is C30H39N3O4S. The monoisotopic (exact) mass is 537 g/mol. The summed E-state index contributed by atoms with van der Waals surface area (Å²) in [7, 11) is -2.17. The Bertz CT molecular complexity index is 1350. The maximum atomic E-state index is 13.3. The SMILES string of the molecule is CN(CCC(=O)OC(C)(C)C)S(=O)(=O)c1ccc2c(c1)CCC1C2CC[C@]2(C)C(c3cncnc3)=CCC12. The van der Waals surface area contributed by atoms with Crippen LogP contribution in [0.1, 0.15) is 82.4 Å². The minimum atomic E-state index is -3.70. The van der Waals surface area contributed by atoms with Gasteiger partial charge in [0.25, 0.3) is 0 Å². The van der Waals surface area contributed by atoms with Crippen molar-refractivity contribution in [3.63, 3.8) is 0 Å². The third-order valence-corrected chi connectivity index (χ3v) is 10.8. The number of allylic oxidation sites excluding steroid dienone is 2. The van der Waals surface area contributed by atoms with Crippen LogP contribution in [-0.4, -0.2) is 47.9 Å². The molecule has 1 fully saturated rings. The number of sulfonamides is 1. The van der Waals surface area contributed by atoms with E-state index in [2.05, 4.69) is 29.0 Å². The number of aryl methyl sites for hydroxylation is 1. The molecule has 1 aromatic heterocycles.